The smallest absolute Gasteiger partial charge is 0.239 e. The average molecular weight is 275 g/mol. The minimum absolute atomic E-state index is 0.113. The normalized spacial score (nSPS) is 14.8. The number of para-hydroxylation sites is 1. The van der Waals surface area contributed by atoms with E-state index in [2.05, 4.69) is 41.5 Å². The fraction of sp³-hybridized carbons (Fsp3) is 0.562. The SMILES string of the molecule is CC(C)CCNC(=O)CN1CCNCc2ccccc21. The number of amides is 1. The van der Waals surface area contributed by atoms with Crippen LogP contribution < -0.4 is 15.5 Å². The Morgan fingerprint density at radius 1 is 1.40 bits per heavy atom. The number of nitrogens with zero attached hydrogens (tertiary/aromatic N) is 1. The van der Waals surface area contributed by atoms with Gasteiger partial charge in [-0.2, -0.15) is 0 Å². The van der Waals surface area contributed by atoms with E-state index in [0.29, 0.717) is 12.5 Å². The van der Waals surface area contributed by atoms with Gasteiger partial charge in [-0.25, -0.2) is 0 Å². The predicted molar refractivity (Wildman–Crippen MR) is 82.8 cm³/mol. The number of rotatable bonds is 5. The Bertz CT molecular complexity index is 445. The van der Waals surface area contributed by atoms with E-state index in [1.54, 1.807) is 0 Å². The summed E-state index contributed by atoms with van der Waals surface area (Å²) >= 11 is 0. The van der Waals surface area contributed by atoms with Gasteiger partial charge >= 0.3 is 0 Å². The van der Waals surface area contributed by atoms with Gasteiger partial charge in [-0.3, -0.25) is 4.79 Å². The predicted octanol–water partition coefficient (Wildman–Crippen LogP) is 1.76. The van der Waals surface area contributed by atoms with Gasteiger partial charge in [0.05, 0.1) is 6.54 Å². The van der Waals surface area contributed by atoms with Crippen LogP contribution in [0.25, 0.3) is 0 Å². The first-order valence-corrected chi connectivity index (χ1v) is 7.47. The summed E-state index contributed by atoms with van der Waals surface area (Å²) in [6.07, 6.45) is 1.03. The molecule has 4 heteroatoms. The minimum atomic E-state index is 0.113. The summed E-state index contributed by atoms with van der Waals surface area (Å²) in [6.45, 7) is 8.21. The van der Waals surface area contributed by atoms with E-state index >= 15 is 0 Å². The topological polar surface area (TPSA) is 44.4 Å². The first-order chi connectivity index (χ1) is 9.66. The standard InChI is InChI=1S/C16H25N3O/c1-13(2)7-8-18-16(20)12-19-10-9-17-11-14-5-3-4-6-15(14)19/h3-6,13,17H,7-12H2,1-2H3,(H,18,20). The Morgan fingerprint density at radius 3 is 3.00 bits per heavy atom. The lowest BCUT2D eigenvalue weighted by Crippen LogP contribution is -2.39. The van der Waals surface area contributed by atoms with Crippen molar-refractivity contribution in [3.63, 3.8) is 0 Å². The largest absolute Gasteiger partial charge is 0.361 e. The lowest BCUT2D eigenvalue weighted by atomic mass is 10.1. The van der Waals surface area contributed by atoms with E-state index in [0.717, 1.165) is 32.6 Å². The molecule has 0 bridgehead atoms. The van der Waals surface area contributed by atoms with E-state index in [1.165, 1.54) is 11.3 Å². The number of hydrogen-bond donors (Lipinski definition) is 2. The van der Waals surface area contributed by atoms with Gasteiger partial charge in [0.2, 0.25) is 5.91 Å². The van der Waals surface area contributed by atoms with Crippen molar-refractivity contribution in [3.8, 4) is 0 Å². The summed E-state index contributed by atoms with van der Waals surface area (Å²) in [4.78, 5) is 14.2. The van der Waals surface area contributed by atoms with Crippen LogP contribution in [0.2, 0.25) is 0 Å². The molecule has 1 heterocycles. The van der Waals surface area contributed by atoms with Crippen molar-refractivity contribution in [2.24, 2.45) is 5.92 Å². The van der Waals surface area contributed by atoms with Crippen LogP contribution in [-0.4, -0.2) is 32.1 Å². The minimum Gasteiger partial charge on any atom is -0.361 e. The van der Waals surface area contributed by atoms with Crippen molar-refractivity contribution in [1.82, 2.24) is 10.6 Å². The number of carbonyl (C=O) groups excluding carboxylic acids is 1. The highest BCUT2D eigenvalue weighted by atomic mass is 16.2. The van der Waals surface area contributed by atoms with Gasteiger partial charge in [0.25, 0.3) is 0 Å². The summed E-state index contributed by atoms with van der Waals surface area (Å²) < 4.78 is 0. The third kappa shape index (κ3) is 4.23. The molecule has 110 valence electrons. The molecule has 0 radical (unpaired) electrons. The zero-order chi connectivity index (χ0) is 14.4. The molecule has 0 atom stereocenters. The highest BCUT2D eigenvalue weighted by molar-refractivity contribution is 5.81. The van der Waals surface area contributed by atoms with Crippen LogP contribution in [0, 0.1) is 5.92 Å². The van der Waals surface area contributed by atoms with E-state index in [9.17, 15) is 4.79 Å². The molecule has 0 saturated heterocycles. The first-order valence-electron chi connectivity index (χ1n) is 7.47. The lowest BCUT2D eigenvalue weighted by Gasteiger charge is -2.24. The lowest BCUT2D eigenvalue weighted by molar-refractivity contribution is -0.119. The number of hydrogen-bond acceptors (Lipinski definition) is 3. The molecule has 1 aliphatic rings. The van der Waals surface area contributed by atoms with Crippen LogP contribution in [0.5, 0.6) is 0 Å². The van der Waals surface area contributed by atoms with Gasteiger partial charge in [0.15, 0.2) is 0 Å². The van der Waals surface area contributed by atoms with Crippen molar-refractivity contribution >= 4 is 11.6 Å². The maximum absolute atomic E-state index is 12.0. The maximum atomic E-state index is 12.0. The van der Waals surface area contributed by atoms with Gasteiger partial charge in [-0.15, -0.1) is 0 Å². The summed E-state index contributed by atoms with van der Waals surface area (Å²) in [5, 5.41) is 6.40. The molecule has 0 unspecified atom stereocenters. The number of nitrogens with one attached hydrogen (secondary N) is 2. The van der Waals surface area contributed by atoms with Gasteiger partial charge in [-0.05, 0) is 24.0 Å². The Hall–Kier alpha value is -1.55. The summed E-state index contributed by atoms with van der Waals surface area (Å²) in [5.74, 6) is 0.737. The van der Waals surface area contributed by atoms with Crippen LogP contribution in [0.1, 0.15) is 25.8 Å². The van der Waals surface area contributed by atoms with Crippen molar-refractivity contribution in [3.05, 3.63) is 29.8 Å². The highest BCUT2D eigenvalue weighted by Gasteiger charge is 2.16. The van der Waals surface area contributed by atoms with Crippen molar-refractivity contribution < 1.29 is 4.79 Å². The van der Waals surface area contributed by atoms with E-state index < -0.39 is 0 Å². The third-order valence-electron chi connectivity index (χ3n) is 3.58. The van der Waals surface area contributed by atoms with Crippen LogP contribution in [0.15, 0.2) is 24.3 Å². The second kappa shape index (κ2) is 7.29. The summed E-state index contributed by atoms with van der Waals surface area (Å²) in [5.41, 5.74) is 2.44. The molecular weight excluding hydrogens is 250 g/mol. The van der Waals surface area contributed by atoms with Gasteiger partial charge in [-0.1, -0.05) is 32.0 Å². The van der Waals surface area contributed by atoms with Crippen LogP contribution >= 0.6 is 0 Å². The first kappa shape index (κ1) is 14.9. The number of carbonyl (C=O) groups is 1. The van der Waals surface area contributed by atoms with Crippen LogP contribution in [0.3, 0.4) is 0 Å². The second-order valence-electron chi connectivity index (χ2n) is 5.76. The molecule has 1 aliphatic heterocycles. The fourth-order valence-electron chi connectivity index (χ4n) is 2.42. The molecule has 0 aliphatic carbocycles. The number of benzene rings is 1. The molecule has 0 fully saturated rings. The Labute approximate surface area is 121 Å². The van der Waals surface area contributed by atoms with Gasteiger partial charge in [0, 0.05) is 31.9 Å². The molecule has 2 N–H and O–H groups in total. The highest BCUT2D eigenvalue weighted by Crippen LogP contribution is 2.21. The van der Waals surface area contributed by atoms with Gasteiger partial charge < -0.3 is 15.5 Å². The molecule has 0 saturated carbocycles. The summed E-state index contributed by atoms with van der Waals surface area (Å²) in [7, 11) is 0. The van der Waals surface area contributed by atoms with E-state index in [1.807, 2.05) is 12.1 Å². The van der Waals surface area contributed by atoms with Crippen molar-refractivity contribution in [2.45, 2.75) is 26.8 Å². The monoisotopic (exact) mass is 275 g/mol. The zero-order valence-electron chi connectivity index (χ0n) is 12.5. The Kier molecular flexibility index (Phi) is 5.41. The molecule has 0 aromatic heterocycles. The molecule has 1 aromatic carbocycles. The van der Waals surface area contributed by atoms with Gasteiger partial charge in [0.1, 0.15) is 0 Å². The van der Waals surface area contributed by atoms with E-state index in [-0.39, 0.29) is 5.91 Å². The Balaban J connectivity index is 1.93. The van der Waals surface area contributed by atoms with Crippen LogP contribution in [0.4, 0.5) is 5.69 Å². The quantitative estimate of drug-likeness (QED) is 0.860. The fourth-order valence-corrected chi connectivity index (χ4v) is 2.42. The third-order valence-corrected chi connectivity index (χ3v) is 3.58. The second-order valence-corrected chi connectivity index (χ2v) is 5.76. The number of anilines is 1. The van der Waals surface area contributed by atoms with Crippen molar-refractivity contribution in [2.75, 3.05) is 31.1 Å². The molecule has 20 heavy (non-hydrogen) atoms. The maximum Gasteiger partial charge on any atom is 0.239 e. The molecule has 1 amide bonds. The molecule has 0 spiro atoms. The zero-order valence-corrected chi connectivity index (χ0v) is 12.5. The van der Waals surface area contributed by atoms with Crippen LogP contribution in [-0.2, 0) is 11.3 Å². The molecule has 4 nitrogen and oxygen atoms in total. The molecular formula is C16H25N3O. The van der Waals surface area contributed by atoms with E-state index in [4.69, 9.17) is 0 Å². The molecule has 2 rings (SSSR count). The van der Waals surface area contributed by atoms with Crippen molar-refractivity contribution in [1.29, 1.82) is 0 Å². The average Bonchev–Trinajstić information content (AvgIpc) is 2.61. The molecule has 1 aromatic rings. The summed E-state index contributed by atoms with van der Waals surface area (Å²) in [6, 6.07) is 8.31. The number of fused-ring (bicyclic) bond motifs is 1. The Morgan fingerprint density at radius 2 is 2.20 bits per heavy atom.